The zero-order valence-corrected chi connectivity index (χ0v) is 27.4. The SMILES string of the molecule is CC1(C)[C@H](NC(=O)/C(=N\OCCOc2ccc3nc(N(CCCN)CC4CNC4)ccc3c2)c2csc(N)n2)C(=O)N1OS(=O)(=O)O. The van der Waals surface area contributed by atoms with Crippen LogP contribution in [0, 0.1) is 5.92 Å². The molecule has 0 unspecified atom stereocenters. The summed E-state index contributed by atoms with van der Waals surface area (Å²) in [6.45, 7) is 7.32. The minimum Gasteiger partial charge on any atom is -0.490 e. The van der Waals surface area contributed by atoms with Crippen LogP contribution in [0.2, 0.25) is 0 Å². The molecule has 3 aromatic rings. The number of rotatable bonds is 16. The maximum atomic E-state index is 13.2. The maximum absolute atomic E-state index is 13.2. The van der Waals surface area contributed by atoms with Crippen molar-refractivity contribution in [3.8, 4) is 5.75 Å². The Morgan fingerprint density at radius 1 is 1.26 bits per heavy atom. The quantitative estimate of drug-likeness (QED) is 0.0446. The molecule has 0 radical (unpaired) electrons. The first-order valence-corrected chi connectivity index (χ1v) is 17.0. The van der Waals surface area contributed by atoms with E-state index in [2.05, 4.69) is 30.0 Å². The summed E-state index contributed by atoms with van der Waals surface area (Å²) in [5, 5.41) is 12.7. The molecule has 0 aliphatic carbocycles. The van der Waals surface area contributed by atoms with E-state index in [0.29, 0.717) is 23.3 Å². The third kappa shape index (κ3) is 8.24. The van der Waals surface area contributed by atoms with Gasteiger partial charge in [0.1, 0.15) is 29.9 Å². The molecule has 4 heterocycles. The number of nitrogens with zero attached hydrogens (tertiary/aromatic N) is 5. The third-order valence-corrected chi connectivity index (χ3v) is 8.66. The van der Waals surface area contributed by atoms with Crippen molar-refractivity contribution in [2.45, 2.75) is 31.8 Å². The van der Waals surface area contributed by atoms with Crippen LogP contribution in [0.4, 0.5) is 10.9 Å². The van der Waals surface area contributed by atoms with Crippen LogP contribution in [-0.4, -0.2) is 103 Å². The van der Waals surface area contributed by atoms with Crippen molar-refractivity contribution in [3.63, 3.8) is 0 Å². The Morgan fingerprint density at radius 3 is 2.68 bits per heavy atom. The lowest BCUT2D eigenvalue weighted by Crippen LogP contribution is -2.76. The van der Waals surface area contributed by atoms with Gasteiger partial charge < -0.3 is 36.6 Å². The summed E-state index contributed by atoms with van der Waals surface area (Å²) in [7, 11) is -4.95. The highest BCUT2D eigenvalue weighted by Crippen LogP contribution is 2.33. The number of aromatic nitrogens is 2. The molecule has 0 bridgehead atoms. The number of pyridine rings is 1. The van der Waals surface area contributed by atoms with Gasteiger partial charge in [0.15, 0.2) is 17.5 Å². The van der Waals surface area contributed by atoms with Crippen molar-refractivity contribution in [2.24, 2.45) is 16.8 Å². The Morgan fingerprint density at radius 2 is 2.04 bits per heavy atom. The second kappa shape index (κ2) is 14.3. The van der Waals surface area contributed by atoms with Crippen LogP contribution in [0.1, 0.15) is 26.0 Å². The molecule has 47 heavy (non-hydrogen) atoms. The van der Waals surface area contributed by atoms with Gasteiger partial charge in [-0.25, -0.2) is 9.97 Å². The monoisotopic (exact) mass is 691 g/mol. The van der Waals surface area contributed by atoms with E-state index in [1.807, 2.05) is 30.3 Å². The lowest BCUT2D eigenvalue weighted by Gasteiger charge is -2.50. The number of fused-ring (bicyclic) bond motifs is 1. The standard InChI is InChI=1S/C28H37N9O8S2/c1-28(2)24(26(39)37(28)45-47(40,41)42)34-25(38)23(21-16-46-27(30)33-21)35-44-11-10-43-19-5-6-20-18(12-19)4-7-22(32-20)36(9-3-8-29)15-17-13-31-14-17/h4-7,12,16-17,24,31H,3,8-11,13-15,29H2,1-2H3,(H2,30,33)(H,34,38)(H,40,41,42)/b35-23-/t24-/m1/s1. The summed E-state index contributed by atoms with van der Waals surface area (Å²) in [6, 6.07) is 8.38. The van der Waals surface area contributed by atoms with Gasteiger partial charge in [0.25, 0.3) is 11.8 Å². The van der Waals surface area contributed by atoms with Crippen LogP contribution in [0.5, 0.6) is 5.75 Å². The van der Waals surface area contributed by atoms with E-state index in [1.54, 1.807) is 0 Å². The van der Waals surface area contributed by atoms with E-state index < -0.39 is 33.8 Å². The van der Waals surface area contributed by atoms with Crippen LogP contribution in [0.15, 0.2) is 40.9 Å². The van der Waals surface area contributed by atoms with Gasteiger partial charge in [-0.15, -0.1) is 15.6 Å². The first-order valence-electron chi connectivity index (χ1n) is 14.8. The van der Waals surface area contributed by atoms with Crippen molar-refractivity contribution >= 4 is 61.1 Å². The summed E-state index contributed by atoms with van der Waals surface area (Å²) in [6.07, 6.45) is 0.884. The number of thiazole rings is 1. The zero-order chi connectivity index (χ0) is 33.8. The summed E-state index contributed by atoms with van der Waals surface area (Å²) in [5.41, 5.74) is 10.8. The fourth-order valence-corrected chi connectivity index (χ4v) is 6.06. The Labute approximate surface area is 275 Å². The predicted octanol–water partition coefficient (Wildman–Crippen LogP) is 0.288. The number of benzene rings is 1. The number of nitrogens with one attached hydrogen (secondary N) is 2. The van der Waals surface area contributed by atoms with Gasteiger partial charge in [-0.1, -0.05) is 5.16 Å². The average Bonchev–Trinajstić information content (AvgIpc) is 3.44. The fraction of sp³-hybridized carbons (Fsp3) is 0.464. The minimum atomic E-state index is -4.95. The average molecular weight is 692 g/mol. The number of oxime groups is 1. The normalized spacial score (nSPS) is 18.0. The summed E-state index contributed by atoms with van der Waals surface area (Å²) < 4.78 is 41.3. The van der Waals surface area contributed by atoms with Crippen LogP contribution < -0.4 is 31.7 Å². The second-order valence-corrected chi connectivity index (χ2v) is 13.4. The number of hydroxylamine groups is 2. The van der Waals surface area contributed by atoms with Gasteiger partial charge in [-0.05, 0) is 57.1 Å². The molecule has 2 aliphatic rings. The minimum absolute atomic E-state index is 0.0401. The molecule has 2 amide bonds. The molecule has 0 saturated carbocycles. The number of hydrogen-bond donors (Lipinski definition) is 5. The van der Waals surface area contributed by atoms with E-state index in [1.165, 1.54) is 19.2 Å². The highest BCUT2D eigenvalue weighted by atomic mass is 32.3. The summed E-state index contributed by atoms with van der Waals surface area (Å²) in [4.78, 5) is 42.2. The van der Waals surface area contributed by atoms with E-state index >= 15 is 0 Å². The Bertz CT molecular complexity index is 1750. The highest BCUT2D eigenvalue weighted by molar-refractivity contribution is 7.80. The van der Waals surface area contributed by atoms with E-state index in [4.69, 9.17) is 30.6 Å². The molecule has 2 saturated heterocycles. The molecular weight excluding hydrogens is 654 g/mol. The number of β-lactam (4-membered cyclic amide) rings is 1. The molecule has 0 spiro atoms. The number of carbonyl (C=O) groups is 2. The number of ether oxygens (including phenoxy) is 1. The lowest BCUT2D eigenvalue weighted by atomic mass is 9.84. The third-order valence-electron chi connectivity index (χ3n) is 7.65. The number of hydrogen-bond acceptors (Lipinski definition) is 15. The molecule has 1 aromatic carbocycles. The predicted molar refractivity (Wildman–Crippen MR) is 174 cm³/mol. The van der Waals surface area contributed by atoms with E-state index in [-0.39, 0.29) is 29.8 Å². The van der Waals surface area contributed by atoms with Gasteiger partial charge in [-0.3, -0.25) is 14.1 Å². The van der Waals surface area contributed by atoms with Gasteiger partial charge in [0.2, 0.25) is 0 Å². The topological polar surface area (TPSA) is 237 Å². The number of nitrogen functional groups attached to an aromatic ring is 1. The molecule has 2 fully saturated rings. The Kier molecular flexibility index (Phi) is 10.4. The van der Waals surface area contributed by atoms with Crippen molar-refractivity contribution in [1.82, 2.24) is 25.7 Å². The smallest absolute Gasteiger partial charge is 0.418 e. The summed E-state index contributed by atoms with van der Waals surface area (Å²) in [5.74, 6) is 0.366. The van der Waals surface area contributed by atoms with Gasteiger partial charge in [-0.2, -0.15) is 13.5 Å². The lowest BCUT2D eigenvalue weighted by molar-refractivity contribution is -0.218. The maximum Gasteiger partial charge on any atom is 0.418 e. The van der Waals surface area contributed by atoms with Gasteiger partial charge in [0, 0.05) is 42.9 Å². The second-order valence-electron chi connectivity index (χ2n) is 11.5. The Balaban J connectivity index is 1.18. The Hall–Kier alpha value is -4.14. The van der Waals surface area contributed by atoms with Crippen LogP contribution in [0.3, 0.4) is 0 Å². The number of nitrogens with two attached hydrogens (primary N) is 2. The molecule has 2 aliphatic heterocycles. The van der Waals surface area contributed by atoms with Crippen LogP contribution in [-0.2, 0) is 29.1 Å². The number of anilines is 2. The summed E-state index contributed by atoms with van der Waals surface area (Å²) >= 11 is 1.07. The van der Waals surface area contributed by atoms with E-state index in [0.717, 1.165) is 60.7 Å². The molecule has 17 nitrogen and oxygen atoms in total. The molecule has 254 valence electrons. The van der Waals surface area contributed by atoms with Crippen molar-refractivity contribution in [1.29, 1.82) is 0 Å². The van der Waals surface area contributed by atoms with Crippen molar-refractivity contribution < 1.29 is 36.4 Å². The number of carbonyl (C=O) groups excluding carboxylic acids is 2. The molecule has 5 rings (SSSR count). The molecule has 2 aromatic heterocycles. The molecule has 1 atom stereocenters. The van der Waals surface area contributed by atoms with Crippen molar-refractivity contribution in [3.05, 3.63) is 41.4 Å². The zero-order valence-electron chi connectivity index (χ0n) is 25.8. The van der Waals surface area contributed by atoms with Crippen LogP contribution in [0.25, 0.3) is 10.9 Å². The molecule has 7 N–H and O–H groups in total. The largest absolute Gasteiger partial charge is 0.490 e. The van der Waals surface area contributed by atoms with Crippen molar-refractivity contribution in [2.75, 3.05) is 56.6 Å². The number of amides is 2. The highest BCUT2D eigenvalue weighted by Gasteiger charge is 2.58. The van der Waals surface area contributed by atoms with E-state index in [9.17, 15) is 18.0 Å². The fourth-order valence-electron chi connectivity index (χ4n) is 5.06. The molecular formula is C28H37N9O8S2. The first kappa shape index (κ1) is 34.2. The molecule has 19 heteroatoms. The van der Waals surface area contributed by atoms with Crippen LogP contribution >= 0.6 is 11.3 Å². The van der Waals surface area contributed by atoms with Gasteiger partial charge >= 0.3 is 10.4 Å². The van der Waals surface area contributed by atoms with Gasteiger partial charge in [0.05, 0.1) is 11.1 Å². The first-order chi connectivity index (χ1) is 22.4.